The molecule has 0 aliphatic heterocycles. The Hall–Kier alpha value is -1.36. The van der Waals surface area contributed by atoms with Crippen molar-refractivity contribution in [1.82, 2.24) is 14.7 Å². The Bertz CT molecular complexity index is 574. The molecule has 5 heteroatoms. The average Bonchev–Trinajstić information content (AvgIpc) is 2.61. The van der Waals surface area contributed by atoms with Crippen LogP contribution in [0.2, 0.25) is 0 Å². The van der Waals surface area contributed by atoms with E-state index in [-0.39, 0.29) is 5.91 Å². The van der Waals surface area contributed by atoms with Gasteiger partial charge < -0.3 is 9.72 Å². The van der Waals surface area contributed by atoms with Crippen LogP contribution >= 0.6 is 15.9 Å². The van der Waals surface area contributed by atoms with E-state index in [1.165, 1.54) is 6.92 Å². The van der Waals surface area contributed by atoms with E-state index in [1.807, 2.05) is 36.6 Å². The number of carbonyl (C=O) groups is 1. The molecule has 0 aromatic carbocycles. The number of nitrogens with zero attached hydrogens (tertiary/aromatic N) is 2. The monoisotopic (exact) mass is 295 g/mol. The van der Waals surface area contributed by atoms with Crippen molar-refractivity contribution in [3.05, 3.63) is 34.8 Å². The first-order valence-electron chi connectivity index (χ1n) is 5.32. The Morgan fingerprint density at radius 3 is 2.88 bits per heavy atom. The van der Waals surface area contributed by atoms with Gasteiger partial charge in [-0.3, -0.25) is 4.79 Å². The summed E-state index contributed by atoms with van der Waals surface area (Å²) in [6.45, 7) is 5.38. The van der Waals surface area contributed by atoms with E-state index in [2.05, 4.69) is 26.2 Å². The lowest BCUT2D eigenvalue weighted by Crippen LogP contribution is -2.41. The van der Waals surface area contributed by atoms with Crippen molar-refractivity contribution in [1.29, 1.82) is 0 Å². The van der Waals surface area contributed by atoms with Crippen LogP contribution in [0, 0.1) is 0 Å². The van der Waals surface area contributed by atoms with Crippen LogP contribution in [0.5, 0.6) is 0 Å². The van der Waals surface area contributed by atoms with Crippen molar-refractivity contribution in [3.63, 3.8) is 0 Å². The first-order valence-corrected chi connectivity index (χ1v) is 6.12. The van der Waals surface area contributed by atoms with Crippen molar-refractivity contribution in [2.75, 3.05) is 0 Å². The third-order valence-electron chi connectivity index (χ3n) is 2.57. The van der Waals surface area contributed by atoms with Gasteiger partial charge in [0.15, 0.2) is 0 Å². The molecule has 0 bridgehead atoms. The normalized spacial score (nSPS) is 11.8. The predicted molar refractivity (Wildman–Crippen MR) is 69.7 cm³/mol. The lowest BCUT2D eigenvalue weighted by molar-refractivity contribution is -0.120. The Labute approximate surface area is 108 Å². The van der Waals surface area contributed by atoms with Gasteiger partial charge in [0.05, 0.1) is 17.3 Å². The lowest BCUT2D eigenvalue weighted by Gasteiger charge is -2.24. The van der Waals surface area contributed by atoms with Gasteiger partial charge in [-0.25, -0.2) is 4.98 Å². The molecule has 1 N–H and O–H groups in total. The third-order valence-corrected chi connectivity index (χ3v) is 3.24. The molecule has 4 nitrogen and oxygen atoms in total. The van der Waals surface area contributed by atoms with Crippen molar-refractivity contribution in [2.24, 2.45) is 0 Å². The van der Waals surface area contributed by atoms with Crippen LogP contribution in [0.3, 0.4) is 0 Å². The molecule has 0 spiro atoms. The maximum absolute atomic E-state index is 11.2. The SMILES string of the molecule is CC(=O)NC(C)(C)c1ncc2c(Br)cccn12. The van der Waals surface area contributed by atoms with Crippen molar-refractivity contribution in [3.8, 4) is 0 Å². The summed E-state index contributed by atoms with van der Waals surface area (Å²) in [6.07, 6.45) is 3.73. The maximum Gasteiger partial charge on any atom is 0.217 e. The van der Waals surface area contributed by atoms with E-state index in [9.17, 15) is 4.79 Å². The molecule has 0 aliphatic rings. The van der Waals surface area contributed by atoms with Gasteiger partial charge in [-0.1, -0.05) is 0 Å². The second-order valence-electron chi connectivity index (χ2n) is 4.50. The first kappa shape index (κ1) is 12.1. The number of pyridine rings is 1. The second-order valence-corrected chi connectivity index (χ2v) is 5.35. The number of fused-ring (bicyclic) bond motifs is 1. The molecule has 0 unspecified atom stereocenters. The van der Waals surface area contributed by atoms with Gasteiger partial charge >= 0.3 is 0 Å². The molecule has 0 radical (unpaired) electrons. The fourth-order valence-electron chi connectivity index (χ4n) is 1.95. The van der Waals surface area contributed by atoms with E-state index in [0.717, 1.165) is 15.8 Å². The fraction of sp³-hybridized carbons (Fsp3) is 0.333. The van der Waals surface area contributed by atoms with Crippen LogP contribution in [0.25, 0.3) is 5.52 Å². The highest BCUT2D eigenvalue weighted by Crippen LogP contribution is 2.24. The largest absolute Gasteiger partial charge is 0.344 e. The molecule has 2 aromatic rings. The molecule has 2 aromatic heterocycles. The van der Waals surface area contributed by atoms with Crippen LogP contribution in [-0.4, -0.2) is 15.3 Å². The van der Waals surface area contributed by atoms with E-state index in [1.54, 1.807) is 6.20 Å². The molecular weight excluding hydrogens is 282 g/mol. The van der Waals surface area contributed by atoms with E-state index in [0.29, 0.717) is 0 Å². The number of carbonyl (C=O) groups excluding carboxylic acids is 1. The third kappa shape index (κ3) is 2.20. The molecule has 0 saturated carbocycles. The zero-order valence-electron chi connectivity index (χ0n) is 9.99. The molecule has 90 valence electrons. The van der Waals surface area contributed by atoms with Crippen LogP contribution in [0.15, 0.2) is 29.0 Å². The van der Waals surface area contributed by atoms with E-state index in [4.69, 9.17) is 0 Å². The number of aromatic nitrogens is 2. The summed E-state index contributed by atoms with van der Waals surface area (Å²) >= 11 is 3.48. The standard InChI is InChI=1S/C12H14BrN3O/c1-8(17)15-12(2,3)11-14-7-10-9(13)5-4-6-16(10)11/h4-7H,1-3H3,(H,15,17). The highest BCUT2D eigenvalue weighted by molar-refractivity contribution is 9.10. The minimum atomic E-state index is -0.501. The summed E-state index contributed by atoms with van der Waals surface area (Å²) in [6, 6.07) is 3.90. The molecule has 17 heavy (non-hydrogen) atoms. The fourth-order valence-corrected chi connectivity index (χ4v) is 2.39. The lowest BCUT2D eigenvalue weighted by atomic mass is 10.0. The minimum absolute atomic E-state index is 0.0678. The Balaban J connectivity index is 2.56. The van der Waals surface area contributed by atoms with Gasteiger partial charge in [-0.15, -0.1) is 0 Å². The highest BCUT2D eigenvalue weighted by atomic mass is 79.9. The van der Waals surface area contributed by atoms with Gasteiger partial charge in [0.25, 0.3) is 0 Å². The molecule has 0 atom stereocenters. The maximum atomic E-state index is 11.2. The predicted octanol–water partition coefficient (Wildman–Crippen LogP) is 2.47. The van der Waals surface area contributed by atoms with Gasteiger partial charge in [0, 0.05) is 17.6 Å². The second kappa shape index (κ2) is 4.14. The summed E-state index contributed by atoms with van der Waals surface area (Å²) in [5.41, 5.74) is 0.486. The van der Waals surface area contributed by atoms with Crippen molar-refractivity contribution < 1.29 is 4.79 Å². The quantitative estimate of drug-likeness (QED) is 0.925. The summed E-state index contributed by atoms with van der Waals surface area (Å²) in [7, 11) is 0. The Kier molecular flexibility index (Phi) is 2.95. The molecular formula is C12H14BrN3O. The number of hydrogen-bond donors (Lipinski definition) is 1. The van der Waals surface area contributed by atoms with Crippen molar-refractivity contribution in [2.45, 2.75) is 26.3 Å². The van der Waals surface area contributed by atoms with E-state index < -0.39 is 5.54 Å². The number of nitrogens with one attached hydrogen (secondary N) is 1. The molecule has 0 fully saturated rings. The number of amides is 1. The number of rotatable bonds is 2. The Morgan fingerprint density at radius 2 is 2.24 bits per heavy atom. The molecule has 2 rings (SSSR count). The molecule has 0 saturated heterocycles. The minimum Gasteiger partial charge on any atom is -0.344 e. The van der Waals surface area contributed by atoms with E-state index >= 15 is 0 Å². The van der Waals surface area contributed by atoms with Gasteiger partial charge in [0.1, 0.15) is 5.82 Å². The molecule has 2 heterocycles. The summed E-state index contributed by atoms with van der Waals surface area (Å²) in [4.78, 5) is 15.6. The highest BCUT2D eigenvalue weighted by Gasteiger charge is 2.26. The number of imidazole rings is 1. The van der Waals surface area contributed by atoms with Gasteiger partial charge in [-0.2, -0.15) is 0 Å². The van der Waals surface area contributed by atoms with Crippen LogP contribution in [0.1, 0.15) is 26.6 Å². The zero-order valence-corrected chi connectivity index (χ0v) is 11.6. The smallest absolute Gasteiger partial charge is 0.217 e. The van der Waals surface area contributed by atoms with Crippen LogP contribution in [-0.2, 0) is 10.3 Å². The van der Waals surface area contributed by atoms with Gasteiger partial charge in [0.2, 0.25) is 5.91 Å². The number of halogens is 1. The molecule has 0 aliphatic carbocycles. The Morgan fingerprint density at radius 1 is 1.53 bits per heavy atom. The number of hydrogen-bond acceptors (Lipinski definition) is 2. The average molecular weight is 296 g/mol. The van der Waals surface area contributed by atoms with Gasteiger partial charge in [-0.05, 0) is 41.9 Å². The summed E-state index contributed by atoms with van der Waals surface area (Å²) in [5, 5.41) is 2.90. The molecule has 1 amide bonds. The topological polar surface area (TPSA) is 46.4 Å². The van der Waals surface area contributed by atoms with Crippen LogP contribution in [0.4, 0.5) is 0 Å². The summed E-state index contributed by atoms with van der Waals surface area (Å²) in [5.74, 6) is 0.741. The summed E-state index contributed by atoms with van der Waals surface area (Å²) < 4.78 is 2.96. The van der Waals surface area contributed by atoms with Crippen LogP contribution < -0.4 is 5.32 Å². The zero-order chi connectivity index (χ0) is 12.6. The first-order chi connectivity index (χ1) is 7.92. The van der Waals surface area contributed by atoms with Crippen molar-refractivity contribution >= 4 is 27.4 Å².